The SMILES string of the molecule is Cc1ccc(C(=O)Nc2ccc(N3C(=O)c4ccccc4C3=O)cc2Cl)cc1Cl. The van der Waals surface area contributed by atoms with Gasteiger partial charge in [0, 0.05) is 10.6 Å². The van der Waals surface area contributed by atoms with Gasteiger partial charge >= 0.3 is 0 Å². The number of hydrogen-bond acceptors (Lipinski definition) is 3. The number of fused-ring (bicyclic) bond motifs is 1. The fourth-order valence-electron chi connectivity index (χ4n) is 3.10. The van der Waals surface area contributed by atoms with Crippen LogP contribution in [0.2, 0.25) is 10.0 Å². The molecule has 3 amide bonds. The van der Waals surface area contributed by atoms with E-state index in [0.29, 0.717) is 33.1 Å². The van der Waals surface area contributed by atoms with Crippen LogP contribution in [0.15, 0.2) is 60.7 Å². The number of aryl methyl sites for hydroxylation is 1. The van der Waals surface area contributed by atoms with E-state index in [1.807, 2.05) is 6.92 Å². The summed E-state index contributed by atoms with van der Waals surface area (Å²) in [6.07, 6.45) is 0. The van der Waals surface area contributed by atoms with Gasteiger partial charge < -0.3 is 5.32 Å². The number of benzene rings is 3. The topological polar surface area (TPSA) is 66.5 Å². The molecule has 7 heteroatoms. The summed E-state index contributed by atoms with van der Waals surface area (Å²) in [4.78, 5) is 38.8. The molecule has 0 aromatic heterocycles. The van der Waals surface area contributed by atoms with Crippen molar-refractivity contribution in [2.45, 2.75) is 6.92 Å². The third-order valence-electron chi connectivity index (χ3n) is 4.69. The highest BCUT2D eigenvalue weighted by Crippen LogP contribution is 2.33. The smallest absolute Gasteiger partial charge is 0.266 e. The minimum atomic E-state index is -0.409. The van der Waals surface area contributed by atoms with E-state index < -0.39 is 11.8 Å². The van der Waals surface area contributed by atoms with Crippen molar-refractivity contribution in [1.82, 2.24) is 0 Å². The van der Waals surface area contributed by atoms with Gasteiger partial charge in [0.2, 0.25) is 0 Å². The molecule has 4 rings (SSSR count). The van der Waals surface area contributed by atoms with E-state index in [1.54, 1.807) is 54.6 Å². The Labute approximate surface area is 176 Å². The lowest BCUT2D eigenvalue weighted by molar-refractivity contribution is 0.0924. The Kier molecular flexibility index (Phi) is 4.86. The van der Waals surface area contributed by atoms with Gasteiger partial charge in [0.1, 0.15) is 0 Å². The Morgan fingerprint density at radius 2 is 1.52 bits per heavy atom. The number of halogens is 2. The first-order valence-corrected chi connectivity index (χ1v) is 9.47. The first-order chi connectivity index (χ1) is 13.9. The number of nitrogens with one attached hydrogen (secondary N) is 1. The van der Waals surface area contributed by atoms with Gasteiger partial charge in [0.15, 0.2) is 0 Å². The zero-order chi connectivity index (χ0) is 20.7. The standard InChI is InChI=1S/C22H14Cl2N2O3/c1-12-6-7-13(10-17(12)23)20(27)25-19-9-8-14(11-18(19)24)26-21(28)15-4-2-3-5-16(15)22(26)29/h2-11H,1H3,(H,25,27). The Hall–Kier alpha value is -3.15. The maximum atomic E-state index is 12.6. The van der Waals surface area contributed by atoms with Gasteiger partial charge in [-0.25, -0.2) is 4.90 Å². The molecular formula is C22H14Cl2N2O3. The van der Waals surface area contributed by atoms with Gasteiger partial charge in [-0.05, 0) is 55.0 Å². The number of rotatable bonds is 3. The summed E-state index contributed by atoms with van der Waals surface area (Å²) in [5.74, 6) is -1.19. The zero-order valence-corrected chi connectivity index (χ0v) is 16.7. The number of carbonyl (C=O) groups is 3. The molecule has 0 atom stereocenters. The minimum Gasteiger partial charge on any atom is -0.321 e. The third-order valence-corrected chi connectivity index (χ3v) is 5.41. The first kappa shape index (κ1) is 19.2. The van der Waals surface area contributed by atoms with Gasteiger partial charge in [-0.3, -0.25) is 14.4 Å². The van der Waals surface area contributed by atoms with Crippen LogP contribution in [0, 0.1) is 6.92 Å². The number of anilines is 2. The Morgan fingerprint density at radius 3 is 2.10 bits per heavy atom. The van der Waals surface area contributed by atoms with E-state index >= 15 is 0 Å². The molecule has 0 radical (unpaired) electrons. The zero-order valence-electron chi connectivity index (χ0n) is 15.2. The quantitative estimate of drug-likeness (QED) is 0.575. The summed E-state index contributed by atoms with van der Waals surface area (Å²) in [5, 5.41) is 3.40. The number of nitrogens with zero attached hydrogens (tertiary/aromatic N) is 1. The van der Waals surface area contributed by atoms with Gasteiger partial charge in [-0.1, -0.05) is 41.4 Å². The molecule has 0 saturated heterocycles. The summed E-state index contributed by atoms with van der Waals surface area (Å²) in [6.45, 7) is 1.85. The highest BCUT2D eigenvalue weighted by atomic mass is 35.5. The van der Waals surface area contributed by atoms with E-state index in [-0.39, 0.29) is 10.9 Å². The number of amides is 3. The fourth-order valence-corrected chi connectivity index (χ4v) is 3.50. The van der Waals surface area contributed by atoms with Crippen LogP contribution in [0.1, 0.15) is 36.6 Å². The molecule has 0 spiro atoms. The lowest BCUT2D eigenvalue weighted by atomic mass is 10.1. The van der Waals surface area contributed by atoms with Gasteiger partial charge in [0.25, 0.3) is 17.7 Å². The van der Waals surface area contributed by atoms with Crippen molar-refractivity contribution in [2.75, 3.05) is 10.2 Å². The summed E-state index contributed by atoms with van der Waals surface area (Å²) < 4.78 is 0. The molecule has 3 aromatic rings. The fraction of sp³-hybridized carbons (Fsp3) is 0.0455. The Morgan fingerprint density at radius 1 is 0.862 bits per heavy atom. The molecule has 29 heavy (non-hydrogen) atoms. The van der Waals surface area contributed by atoms with Gasteiger partial charge in [-0.2, -0.15) is 0 Å². The normalized spacial score (nSPS) is 12.9. The van der Waals surface area contributed by atoms with Crippen molar-refractivity contribution in [3.63, 3.8) is 0 Å². The van der Waals surface area contributed by atoms with E-state index in [9.17, 15) is 14.4 Å². The molecule has 0 fully saturated rings. The van der Waals surface area contributed by atoms with Crippen molar-refractivity contribution in [1.29, 1.82) is 0 Å². The Balaban J connectivity index is 1.59. The average Bonchev–Trinajstić information content (AvgIpc) is 2.96. The van der Waals surface area contributed by atoms with Crippen LogP contribution < -0.4 is 10.2 Å². The molecule has 1 N–H and O–H groups in total. The van der Waals surface area contributed by atoms with Gasteiger partial charge in [0.05, 0.1) is 27.5 Å². The summed E-state index contributed by atoms with van der Waals surface area (Å²) >= 11 is 12.4. The van der Waals surface area contributed by atoms with Crippen LogP contribution in [0.25, 0.3) is 0 Å². The predicted molar refractivity (Wildman–Crippen MR) is 113 cm³/mol. The molecule has 1 aliphatic rings. The van der Waals surface area contributed by atoms with Crippen molar-refractivity contribution < 1.29 is 14.4 Å². The van der Waals surface area contributed by atoms with E-state index in [1.165, 1.54) is 6.07 Å². The highest BCUT2D eigenvalue weighted by molar-refractivity contribution is 6.37. The highest BCUT2D eigenvalue weighted by Gasteiger charge is 2.36. The molecule has 1 aliphatic heterocycles. The minimum absolute atomic E-state index is 0.200. The first-order valence-electron chi connectivity index (χ1n) is 8.71. The predicted octanol–water partition coefficient (Wildman–Crippen LogP) is 5.35. The van der Waals surface area contributed by atoms with Crippen LogP contribution >= 0.6 is 23.2 Å². The summed E-state index contributed by atoms with van der Waals surface area (Å²) in [7, 11) is 0. The number of imide groups is 1. The molecule has 5 nitrogen and oxygen atoms in total. The number of hydrogen-bond donors (Lipinski definition) is 1. The molecular weight excluding hydrogens is 411 g/mol. The Bertz CT molecular complexity index is 1160. The maximum Gasteiger partial charge on any atom is 0.266 e. The summed E-state index contributed by atoms with van der Waals surface area (Å²) in [6, 6.07) is 16.2. The van der Waals surface area contributed by atoms with Crippen LogP contribution in [0.5, 0.6) is 0 Å². The number of carbonyl (C=O) groups excluding carboxylic acids is 3. The molecule has 3 aromatic carbocycles. The van der Waals surface area contributed by atoms with E-state index in [4.69, 9.17) is 23.2 Å². The second-order valence-corrected chi connectivity index (χ2v) is 7.39. The van der Waals surface area contributed by atoms with Crippen molar-refractivity contribution in [3.8, 4) is 0 Å². The molecule has 0 aliphatic carbocycles. The lowest BCUT2D eigenvalue weighted by Gasteiger charge is -2.16. The lowest BCUT2D eigenvalue weighted by Crippen LogP contribution is -2.29. The van der Waals surface area contributed by atoms with Crippen LogP contribution in [0.3, 0.4) is 0 Å². The van der Waals surface area contributed by atoms with Crippen molar-refractivity contribution >= 4 is 52.3 Å². The van der Waals surface area contributed by atoms with E-state index in [2.05, 4.69) is 5.32 Å². The maximum absolute atomic E-state index is 12.6. The second kappa shape index (κ2) is 7.35. The second-order valence-electron chi connectivity index (χ2n) is 6.57. The van der Waals surface area contributed by atoms with E-state index in [0.717, 1.165) is 10.5 Å². The largest absolute Gasteiger partial charge is 0.321 e. The van der Waals surface area contributed by atoms with Crippen molar-refractivity contribution in [3.05, 3.63) is 93.0 Å². The molecule has 0 saturated carbocycles. The molecule has 1 heterocycles. The molecule has 0 unspecified atom stereocenters. The van der Waals surface area contributed by atoms with Crippen LogP contribution in [0.4, 0.5) is 11.4 Å². The third kappa shape index (κ3) is 3.39. The van der Waals surface area contributed by atoms with Crippen LogP contribution in [-0.4, -0.2) is 17.7 Å². The molecule has 144 valence electrons. The average molecular weight is 425 g/mol. The van der Waals surface area contributed by atoms with Crippen molar-refractivity contribution in [2.24, 2.45) is 0 Å². The summed E-state index contributed by atoms with van der Waals surface area (Å²) in [5.41, 5.74) is 2.64. The van der Waals surface area contributed by atoms with Crippen LogP contribution in [-0.2, 0) is 0 Å². The molecule has 0 bridgehead atoms. The van der Waals surface area contributed by atoms with Gasteiger partial charge in [-0.15, -0.1) is 0 Å². The monoisotopic (exact) mass is 424 g/mol.